The number of rotatable bonds is 2. The minimum atomic E-state index is -4.56. The van der Waals surface area contributed by atoms with Crippen LogP contribution in [0.5, 0.6) is 0 Å². The molecule has 0 N–H and O–H groups in total. The van der Waals surface area contributed by atoms with Gasteiger partial charge in [-0.2, -0.15) is 13.2 Å². The van der Waals surface area contributed by atoms with Crippen molar-refractivity contribution in [2.24, 2.45) is 0 Å². The highest BCUT2D eigenvalue weighted by Gasteiger charge is 2.31. The Morgan fingerprint density at radius 2 is 1.70 bits per heavy atom. The van der Waals surface area contributed by atoms with Crippen molar-refractivity contribution in [1.29, 1.82) is 0 Å². The number of alkyl halides is 3. The number of pyridine rings is 1. The molecule has 0 saturated heterocycles. The lowest BCUT2D eigenvalue weighted by atomic mass is 10.3. The first-order valence-electron chi connectivity index (χ1n) is 5.13. The number of nitrogens with zero attached hydrogens (tertiary/aromatic N) is 1. The molecule has 20 heavy (non-hydrogen) atoms. The summed E-state index contributed by atoms with van der Waals surface area (Å²) in [5, 5.41) is -0.388. The monoisotopic (exact) mass is 325 g/mol. The van der Waals surface area contributed by atoms with Gasteiger partial charge in [0.2, 0.25) is 0 Å². The van der Waals surface area contributed by atoms with Crippen LogP contribution in [0.15, 0.2) is 40.3 Å². The van der Waals surface area contributed by atoms with Crippen molar-refractivity contribution >= 4 is 23.4 Å². The average molecular weight is 326 g/mol. The Labute approximate surface area is 119 Å². The van der Waals surface area contributed by atoms with Gasteiger partial charge in [-0.05, 0) is 30.3 Å². The summed E-state index contributed by atoms with van der Waals surface area (Å²) in [5.74, 6) is -2.13. The number of benzene rings is 1. The molecule has 0 spiro atoms. The maximum atomic E-state index is 13.0. The zero-order valence-electron chi connectivity index (χ0n) is 9.51. The molecular weight excluding hydrogens is 321 g/mol. The Hall–Kier alpha value is -1.34. The fourth-order valence-corrected chi connectivity index (χ4v) is 2.48. The summed E-state index contributed by atoms with van der Waals surface area (Å²) >= 11 is 6.27. The molecule has 0 aliphatic heterocycles. The van der Waals surface area contributed by atoms with Gasteiger partial charge in [0.25, 0.3) is 0 Å². The van der Waals surface area contributed by atoms with Crippen molar-refractivity contribution in [2.75, 3.05) is 0 Å². The SMILES string of the molecule is Fc1ccc(Sc2cc(C(F)(F)F)cc(Cl)n2)cc1F. The molecule has 1 aromatic heterocycles. The molecule has 1 aromatic carbocycles. The van der Waals surface area contributed by atoms with E-state index in [2.05, 4.69) is 4.98 Å². The molecule has 0 aliphatic carbocycles. The molecule has 2 aromatic rings. The Bertz CT molecular complexity index is 644. The van der Waals surface area contributed by atoms with Crippen LogP contribution in [0.1, 0.15) is 5.56 Å². The van der Waals surface area contributed by atoms with Gasteiger partial charge < -0.3 is 0 Å². The highest BCUT2D eigenvalue weighted by Crippen LogP contribution is 2.35. The normalized spacial score (nSPS) is 11.7. The summed E-state index contributed by atoms with van der Waals surface area (Å²) in [6, 6.07) is 4.47. The van der Waals surface area contributed by atoms with Gasteiger partial charge in [-0.25, -0.2) is 13.8 Å². The lowest BCUT2D eigenvalue weighted by molar-refractivity contribution is -0.137. The number of hydrogen-bond donors (Lipinski definition) is 0. The second-order valence-electron chi connectivity index (χ2n) is 3.69. The van der Waals surface area contributed by atoms with Gasteiger partial charge in [0.1, 0.15) is 10.2 Å². The highest BCUT2D eigenvalue weighted by atomic mass is 35.5. The van der Waals surface area contributed by atoms with Gasteiger partial charge in [0.05, 0.1) is 5.56 Å². The predicted molar refractivity (Wildman–Crippen MR) is 64.7 cm³/mol. The minimum Gasteiger partial charge on any atom is -0.229 e. The van der Waals surface area contributed by atoms with Gasteiger partial charge in [0.15, 0.2) is 11.6 Å². The van der Waals surface area contributed by atoms with Gasteiger partial charge >= 0.3 is 6.18 Å². The molecule has 0 radical (unpaired) electrons. The van der Waals surface area contributed by atoms with E-state index in [1.807, 2.05) is 0 Å². The van der Waals surface area contributed by atoms with Crippen molar-refractivity contribution in [1.82, 2.24) is 4.98 Å². The fourth-order valence-electron chi connectivity index (χ4n) is 1.35. The van der Waals surface area contributed by atoms with Crippen LogP contribution in [0.3, 0.4) is 0 Å². The maximum absolute atomic E-state index is 13.0. The van der Waals surface area contributed by atoms with Gasteiger partial charge in [0, 0.05) is 4.90 Å². The molecule has 1 nitrogen and oxygen atoms in total. The first-order valence-corrected chi connectivity index (χ1v) is 6.33. The van der Waals surface area contributed by atoms with Crippen LogP contribution in [0.4, 0.5) is 22.0 Å². The summed E-state index contributed by atoms with van der Waals surface area (Å²) in [4.78, 5) is 3.92. The standard InChI is InChI=1S/C12H5ClF5NS/c13-10-3-6(12(16,17)18)4-11(19-10)20-7-1-2-8(14)9(15)5-7/h1-5H. The molecule has 0 fully saturated rings. The lowest BCUT2D eigenvalue weighted by Crippen LogP contribution is -2.05. The Balaban J connectivity index is 2.33. The summed E-state index contributed by atoms with van der Waals surface area (Å²) in [6.07, 6.45) is -4.56. The Morgan fingerprint density at radius 3 is 2.30 bits per heavy atom. The van der Waals surface area contributed by atoms with E-state index in [0.717, 1.165) is 30.0 Å². The van der Waals surface area contributed by atoms with Gasteiger partial charge in [-0.3, -0.25) is 0 Å². The summed E-state index contributed by atoms with van der Waals surface area (Å²) in [6.45, 7) is 0. The molecule has 0 aliphatic rings. The number of aromatic nitrogens is 1. The van der Waals surface area contributed by atoms with Crippen LogP contribution in [0, 0.1) is 11.6 Å². The van der Waals surface area contributed by atoms with Crippen molar-refractivity contribution in [3.63, 3.8) is 0 Å². The smallest absolute Gasteiger partial charge is 0.229 e. The third-order valence-electron chi connectivity index (χ3n) is 2.21. The van der Waals surface area contributed by atoms with E-state index in [0.29, 0.717) is 6.07 Å². The first kappa shape index (κ1) is 15.1. The molecule has 0 unspecified atom stereocenters. The van der Waals surface area contributed by atoms with E-state index < -0.39 is 23.4 Å². The zero-order chi connectivity index (χ0) is 14.9. The highest BCUT2D eigenvalue weighted by molar-refractivity contribution is 7.99. The van der Waals surface area contributed by atoms with Crippen molar-refractivity contribution in [3.8, 4) is 0 Å². The first-order chi connectivity index (χ1) is 9.25. The van der Waals surface area contributed by atoms with Crippen molar-refractivity contribution in [2.45, 2.75) is 16.1 Å². The third-order valence-corrected chi connectivity index (χ3v) is 3.31. The van der Waals surface area contributed by atoms with Crippen LogP contribution in [0.2, 0.25) is 5.15 Å². The van der Waals surface area contributed by atoms with E-state index in [1.54, 1.807) is 0 Å². The van der Waals surface area contributed by atoms with E-state index in [-0.39, 0.29) is 15.1 Å². The van der Waals surface area contributed by atoms with Crippen LogP contribution in [-0.4, -0.2) is 4.98 Å². The summed E-state index contributed by atoms with van der Waals surface area (Å²) in [5.41, 5.74) is -0.956. The Morgan fingerprint density at radius 1 is 1.00 bits per heavy atom. The molecule has 1 heterocycles. The molecule has 0 amide bonds. The quantitative estimate of drug-likeness (QED) is 0.557. The third kappa shape index (κ3) is 3.61. The topological polar surface area (TPSA) is 12.9 Å². The van der Waals surface area contributed by atoms with Crippen LogP contribution in [0.25, 0.3) is 0 Å². The fraction of sp³-hybridized carbons (Fsp3) is 0.0833. The molecular formula is C12H5ClF5NS. The Kier molecular flexibility index (Phi) is 4.19. The zero-order valence-corrected chi connectivity index (χ0v) is 11.1. The van der Waals surface area contributed by atoms with Crippen LogP contribution < -0.4 is 0 Å². The molecule has 8 heteroatoms. The van der Waals surface area contributed by atoms with Crippen LogP contribution in [-0.2, 0) is 6.18 Å². The van der Waals surface area contributed by atoms with Crippen molar-refractivity contribution < 1.29 is 22.0 Å². The lowest BCUT2D eigenvalue weighted by Gasteiger charge is -2.09. The molecule has 106 valence electrons. The average Bonchev–Trinajstić information content (AvgIpc) is 2.32. The maximum Gasteiger partial charge on any atom is 0.416 e. The number of halogens is 6. The molecule has 0 saturated carbocycles. The van der Waals surface area contributed by atoms with Gasteiger partial charge in [-0.1, -0.05) is 23.4 Å². The largest absolute Gasteiger partial charge is 0.416 e. The van der Waals surface area contributed by atoms with E-state index in [9.17, 15) is 22.0 Å². The number of hydrogen-bond acceptors (Lipinski definition) is 2. The van der Waals surface area contributed by atoms with E-state index in [4.69, 9.17) is 11.6 Å². The molecule has 0 bridgehead atoms. The van der Waals surface area contributed by atoms with Crippen LogP contribution >= 0.6 is 23.4 Å². The predicted octanol–water partition coefficient (Wildman–Crippen LogP) is 5.18. The van der Waals surface area contributed by atoms with Gasteiger partial charge in [-0.15, -0.1) is 0 Å². The van der Waals surface area contributed by atoms with Crippen molar-refractivity contribution in [3.05, 3.63) is 52.7 Å². The van der Waals surface area contributed by atoms with E-state index >= 15 is 0 Å². The minimum absolute atomic E-state index is 0.0594. The molecule has 0 atom stereocenters. The summed E-state index contributed by atoms with van der Waals surface area (Å²) in [7, 11) is 0. The molecule has 2 rings (SSSR count). The second-order valence-corrected chi connectivity index (χ2v) is 5.17. The second kappa shape index (κ2) is 5.57. The summed E-state index contributed by atoms with van der Waals surface area (Å²) < 4.78 is 63.6. The van der Waals surface area contributed by atoms with E-state index in [1.165, 1.54) is 6.07 Å².